The van der Waals surface area contributed by atoms with Crippen LogP contribution in [0, 0.1) is 10.1 Å². The summed E-state index contributed by atoms with van der Waals surface area (Å²) >= 11 is 0. The number of nitro groups is 1. The van der Waals surface area contributed by atoms with Crippen molar-refractivity contribution in [3.05, 3.63) is 93.7 Å². The molecule has 6 heteroatoms. The van der Waals surface area contributed by atoms with Crippen molar-refractivity contribution in [2.75, 3.05) is 0 Å². The minimum Gasteiger partial charge on any atom is -0.511 e. The van der Waals surface area contributed by atoms with Crippen LogP contribution in [0.5, 0.6) is 0 Å². The second kappa shape index (κ2) is 8.29. The summed E-state index contributed by atoms with van der Waals surface area (Å²) in [6, 6.07) is 19.7. The number of non-ortho nitro benzene ring substituents is 1. The van der Waals surface area contributed by atoms with Crippen molar-refractivity contribution < 1.29 is 14.8 Å². The van der Waals surface area contributed by atoms with Crippen LogP contribution in [-0.2, 0) is 11.2 Å². The highest BCUT2D eigenvalue weighted by atomic mass is 16.6. The quantitative estimate of drug-likeness (QED) is 0.266. The van der Waals surface area contributed by atoms with Gasteiger partial charge in [0.2, 0.25) is 0 Å². The van der Waals surface area contributed by atoms with E-state index in [1.807, 2.05) is 42.5 Å². The molecule has 0 radical (unpaired) electrons. The summed E-state index contributed by atoms with van der Waals surface area (Å²) in [6.07, 6.45) is 1.84. The summed E-state index contributed by atoms with van der Waals surface area (Å²) in [5.41, 5.74) is 2.23. The predicted octanol–water partition coefficient (Wildman–Crippen LogP) is 5.63. The van der Waals surface area contributed by atoms with Gasteiger partial charge in [0.25, 0.3) is 5.69 Å². The Morgan fingerprint density at radius 1 is 1.00 bits per heavy atom. The van der Waals surface area contributed by atoms with Crippen LogP contribution < -0.4 is 0 Å². The molecule has 30 heavy (non-hydrogen) atoms. The van der Waals surface area contributed by atoms with Gasteiger partial charge in [0, 0.05) is 25.0 Å². The first-order valence-electron chi connectivity index (χ1n) is 9.77. The molecular formula is C24H20N2O4. The lowest BCUT2D eigenvalue weighted by atomic mass is 9.88. The summed E-state index contributed by atoms with van der Waals surface area (Å²) in [5.74, 6) is -0.114. The number of benzene rings is 3. The van der Waals surface area contributed by atoms with Crippen LogP contribution in [0.2, 0.25) is 0 Å². The molecule has 1 N–H and O–H groups in total. The molecular weight excluding hydrogens is 380 g/mol. The van der Waals surface area contributed by atoms with Gasteiger partial charge in [0.05, 0.1) is 21.9 Å². The van der Waals surface area contributed by atoms with Gasteiger partial charge in [-0.3, -0.25) is 19.9 Å². The van der Waals surface area contributed by atoms with E-state index in [0.717, 1.165) is 16.3 Å². The third-order valence-corrected chi connectivity index (χ3v) is 5.24. The number of nitro benzene ring substituents is 1. The molecule has 3 aromatic rings. The smallest absolute Gasteiger partial charge is 0.269 e. The number of carbonyl (C=O) groups excluding carboxylic acids is 1. The first-order chi connectivity index (χ1) is 14.5. The molecule has 1 fully saturated rings. The van der Waals surface area contributed by atoms with Gasteiger partial charge in [-0.1, -0.05) is 42.5 Å². The molecule has 0 atom stereocenters. The van der Waals surface area contributed by atoms with E-state index in [-0.39, 0.29) is 29.2 Å². The van der Waals surface area contributed by atoms with Crippen LogP contribution in [-0.4, -0.2) is 21.5 Å². The van der Waals surface area contributed by atoms with Crippen molar-refractivity contribution in [2.24, 2.45) is 4.99 Å². The molecule has 0 aromatic heterocycles. The molecule has 0 spiro atoms. The number of hydrogen-bond donors (Lipinski definition) is 1. The van der Waals surface area contributed by atoms with E-state index in [1.54, 1.807) is 12.1 Å². The van der Waals surface area contributed by atoms with E-state index < -0.39 is 4.92 Å². The first-order valence-corrected chi connectivity index (χ1v) is 9.77. The van der Waals surface area contributed by atoms with Crippen LogP contribution in [0.1, 0.15) is 24.8 Å². The molecule has 0 saturated heterocycles. The van der Waals surface area contributed by atoms with E-state index in [0.29, 0.717) is 30.7 Å². The van der Waals surface area contributed by atoms with Crippen LogP contribution in [0.25, 0.3) is 10.8 Å². The third kappa shape index (κ3) is 3.98. The van der Waals surface area contributed by atoms with Crippen molar-refractivity contribution in [3.63, 3.8) is 0 Å². The van der Waals surface area contributed by atoms with Crippen LogP contribution >= 0.6 is 0 Å². The van der Waals surface area contributed by atoms with Gasteiger partial charge >= 0.3 is 0 Å². The summed E-state index contributed by atoms with van der Waals surface area (Å²) in [5, 5.41) is 23.9. The zero-order valence-electron chi connectivity index (χ0n) is 16.2. The summed E-state index contributed by atoms with van der Waals surface area (Å²) in [7, 11) is 0. The maximum absolute atomic E-state index is 12.6. The predicted molar refractivity (Wildman–Crippen MR) is 116 cm³/mol. The number of nitrogens with zero attached hydrogens (tertiary/aromatic N) is 2. The number of allylic oxidation sites excluding steroid dienone is 2. The highest BCUT2D eigenvalue weighted by molar-refractivity contribution is 6.24. The number of aliphatic hydroxyl groups excluding tert-OH is 1. The molecule has 4 rings (SSSR count). The number of Topliss-reactive ketones (excluding diaryl/α,β-unsaturated/α-hetero) is 1. The Bertz CT molecular complexity index is 1190. The number of fused-ring (bicyclic) bond motifs is 1. The zero-order valence-corrected chi connectivity index (χ0v) is 16.2. The summed E-state index contributed by atoms with van der Waals surface area (Å²) in [6.45, 7) is 0. The number of aliphatic hydroxyl groups is 1. The lowest BCUT2D eigenvalue weighted by Crippen LogP contribution is -2.21. The zero-order chi connectivity index (χ0) is 21.1. The fraction of sp³-hybridized carbons (Fsp3) is 0.167. The van der Waals surface area contributed by atoms with Gasteiger partial charge in [-0.05, 0) is 41.3 Å². The molecule has 0 heterocycles. The lowest BCUT2D eigenvalue weighted by Gasteiger charge is -2.18. The molecule has 3 aromatic carbocycles. The average molecular weight is 400 g/mol. The van der Waals surface area contributed by atoms with E-state index >= 15 is 0 Å². The fourth-order valence-electron chi connectivity index (χ4n) is 3.79. The Kier molecular flexibility index (Phi) is 5.39. The van der Waals surface area contributed by atoms with Crippen molar-refractivity contribution in [3.8, 4) is 0 Å². The number of rotatable bonds is 4. The van der Waals surface area contributed by atoms with E-state index in [1.165, 1.54) is 12.1 Å². The van der Waals surface area contributed by atoms with Gasteiger partial charge in [0.15, 0.2) is 5.78 Å². The third-order valence-electron chi connectivity index (χ3n) is 5.24. The standard InChI is InChI=1S/C24H20N2O4/c27-22-10-4-9-21(25-18-11-13-19(14-12-18)26(29)30)24(22)23(28)15-17-7-3-6-16-5-1-2-8-20(16)17/h1-3,5-8,11-14,28H,4,9-10,15H2. The lowest BCUT2D eigenvalue weighted by molar-refractivity contribution is -0.384. The normalized spacial score (nSPS) is 17.3. The largest absolute Gasteiger partial charge is 0.511 e. The number of ketones is 1. The maximum Gasteiger partial charge on any atom is 0.269 e. The van der Waals surface area contributed by atoms with Gasteiger partial charge in [-0.25, -0.2) is 0 Å². The van der Waals surface area contributed by atoms with E-state index in [4.69, 9.17) is 0 Å². The van der Waals surface area contributed by atoms with E-state index in [9.17, 15) is 20.0 Å². The Hall–Kier alpha value is -3.80. The fourth-order valence-corrected chi connectivity index (χ4v) is 3.79. The van der Waals surface area contributed by atoms with Gasteiger partial charge in [0.1, 0.15) is 5.76 Å². The van der Waals surface area contributed by atoms with Crippen LogP contribution in [0.3, 0.4) is 0 Å². The Morgan fingerprint density at radius 3 is 2.50 bits per heavy atom. The monoisotopic (exact) mass is 400 g/mol. The van der Waals surface area contributed by atoms with Gasteiger partial charge < -0.3 is 5.11 Å². The molecule has 1 aliphatic carbocycles. The Morgan fingerprint density at radius 2 is 1.73 bits per heavy atom. The topological polar surface area (TPSA) is 92.8 Å². The van der Waals surface area contributed by atoms with Crippen molar-refractivity contribution >= 4 is 33.6 Å². The Balaban J connectivity index is 1.71. The molecule has 0 amide bonds. The van der Waals surface area contributed by atoms with Crippen LogP contribution in [0.15, 0.2) is 83.1 Å². The summed E-state index contributed by atoms with van der Waals surface area (Å²) in [4.78, 5) is 27.5. The molecule has 150 valence electrons. The van der Waals surface area contributed by atoms with Crippen molar-refractivity contribution in [1.82, 2.24) is 0 Å². The molecule has 1 aliphatic rings. The SMILES string of the molecule is O=C1CCCC(=Nc2ccc([N+](=O)[O-])cc2)C1=C(O)Cc1cccc2ccccc12. The molecule has 0 unspecified atom stereocenters. The average Bonchev–Trinajstić information content (AvgIpc) is 2.74. The summed E-state index contributed by atoms with van der Waals surface area (Å²) < 4.78 is 0. The second-order valence-electron chi connectivity index (χ2n) is 7.25. The second-order valence-corrected chi connectivity index (χ2v) is 7.25. The van der Waals surface area contributed by atoms with Gasteiger partial charge in [-0.2, -0.15) is 0 Å². The minimum absolute atomic E-state index is 0.0108. The number of carbonyl (C=O) groups is 1. The highest BCUT2D eigenvalue weighted by Gasteiger charge is 2.26. The number of aliphatic imine (C=N–C) groups is 1. The maximum atomic E-state index is 12.6. The minimum atomic E-state index is -0.470. The van der Waals surface area contributed by atoms with Crippen molar-refractivity contribution in [1.29, 1.82) is 0 Å². The first kappa shape index (κ1) is 19.5. The highest BCUT2D eigenvalue weighted by Crippen LogP contribution is 2.28. The van der Waals surface area contributed by atoms with E-state index in [2.05, 4.69) is 4.99 Å². The van der Waals surface area contributed by atoms with Crippen LogP contribution in [0.4, 0.5) is 11.4 Å². The molecule has 0 aliphatic heterocycles. The molecule has 0 bridgehead atoms. The molecule has 6 nitrogen and oxygen atoms in total. The Labute approximate surface area is 173 Å². The van der Waals surface area contributed by atoms with Crippen molar-refractivity contribution in [2.45, 2.75) is 25.7 Å². The molecule has 1 saturated carbocycles. The van der Waals surface area contributed by atoms with Gasteiger partial charge in [-0.15, -0.1) is 0 Å². The number of hydrogen-bond acceptors (Lipinski definition) is 5.